The number of aryl methyl sites for hydroxylation is 2. The maximum Gasteiger partial charge on any atom is 0.262 e. The first-order valence-corrected chi connectivity index (χ1v) is 7.36. The van der Waals surface area contributed by atoms with Crippen LogP contribution in [0.5, 0.6) is 0 Å². The van der Waals surface area contributed by atoms with Crippen molar-refractivity contribution >= 4 is 17.4 Å². The zero-order chi connectivity index (χ0) is 16.5. The fraction of sp³-hybridized carbons (Fsp3) is 0.500. The molecule has 2 aromatic rings. The minimum absolute atomic E-state index is 0.00521. The van der Waals surface area contributed by atoms with Gasteiger partial charge in [-0.2, -0.15) is 0 Å². The maximum atomic E-state index is 11.3. The molecule has 0 unspecified atom stereocenters. The van der Waals surface area contributed by atoms with Crippen LogP contribution in [0.1, 0.15) is 37.7 Å². The number of hydrogen-bond donors (Lipinski definition) is 3. The normalized spacial score (nSPS) is 11.7. The summed E-state index contributed by atoms with van der Waals surface area (Å²) < 4.78 is 2.01. The molecular formula is C16H24N4O2. The lowest BCUT2D eigenvalue weighted by Crippen LogP contribution is -2.27. The first-order chi connectivity index (χ1) is 10.2. The van der Waals surface area contributed by atoms with Gasteiger partial charge in [0, 0.05) is 5.69 Å². The highest BCUT2D eigenvalue weighted by Crippen LogP contribution is 2.28. The highest BCUT2D eigenvalue weighted by molar-refractivity contribution is 5.79. The number of hydrogen-bond acceptors (Lipinski definition) is 4. The minimum atomic E-state index is -0.485. The van der Waals surface area contributed by atoms with E-state index in [4.69, 9.17) is 10.2 Å². The van der Waals surface area contributed by atoms with E-state index < -0.39 is 5.91 Å². The van der Waals surface area contributed by atoms with Crippen molar-refractivity contribution in [3.8, 4) is 0 Å². The third-order valence-electron chi connectivity index (χ3n) is 3.36. The molecule has 0 saturated carbocycles. The number of imidazole rings is 1. The maximum absolute atomic E-state index is 11.3. The number of pyridine rings is 1. The monoisotopic (exact) mass is 304 g/mol. The summed E-state index contributed by atoms with van der Waals surface area (Å²) in [4.78, 5) is 16.1. The van der Waals surface area contributed by atoms with Crippen molar-refractivity contribution in [3.05, 3.63) is 29.1 Å². The number of hydroxylamine groups is 1. The number of aromatic nitrogens is 2. The third kappa shape index (κ3) is 3.57. The molecule has 0 saturated heterocycles. The van der Waals surface area contributed by atoms with Gasteiger partial charge in [0.2, 0.25) is 0 Å². The zero-order valence-electron chi connectivity index (χ0n) is 13.8. The number of nitrogens with zero attached hydrogens (tertiary/aromatic N) is 2. The molecule has 2 heterocycles. The standard InChI is InChI=1S/C16H24N4O2/c1-10-6-11(2)20-13(7-10)18-12(8-16(3,4)5)15(20)17-9-14(21)19-22/h6-7,17,22H,8-9H2,1-5H3,(H,19,21). The van der Waals surface area contributed by atoms with Crippen molar-refractivity contribution in [1.29, 1.82) is 0 Å². The van der Waals surface area contributed by atoms with E-state index in [1.54, 1.807) is 5.48 Å². The van der Waals surface area contributed by atoms with Gasteiger partial charge >= 0.3 is 0 Å². The van der Waals surface area contributed by atoms with Crippen LogP contribution in [0.3, 0.4) is 0 Å². The molecule has 22 heavy (non-hydrogen) atoms. The molecule has 0 aliphatic carbocycles. The summed E-state index contributed by atoms with van der Waals surface area (Å²) >= 11 is 0. The molecular weight excluding hydrogens is 280 g/mol. The summed E-state index contributed by atoms with van der Waals surface area (Å²) in [6.45, 7) is 10.5. The Morgan fingerprint density at radius 3 is 2.59 bits per heavy atom. The second kappa shape index (κ2) is 5.96. The van der Waals surface area contributed by atoms with E-state index in [1.165, 1.54) is 0 Å². The SMILES string of the molecule is Cc1cc(C)n2c(NCC(=O)NO)c(CC(C)(C)C)nc2c1. The second-order valence-electron chi connectivity index (χ2n) is 6.90. The molecule has 0 aliphatic heterocycles. The van der Waals surface area contributed by atoms with Crippen LogP contribution in [0.25, 0.3) is 5.65 Å². The van der Waals surface area contributed by atoms with Crippen LogP contribution in [0.4, 0.5) is 5.82 Å². The molecule has 2 aromatic heterocycles. The molecule has 0 spiro atoms. The molecule has 0 atom stereocenters. The molecule has 0 radical (unpaired) electrons. The highest BCUT2D eigenvalue weighted by atomic mass is 16.5. The van der Waals surface area contributed by atoms with Crippen molar-refractivity contribution < 1.29 is 10.0 Å². The Hall–Kier alpha value is -2.08. The van der Waals surface area contributed by atoms with E-state index in [9.17, 15) is 4.79 Å². The Morgan fingerprint density at radius 2 is 2.00 bits per heavy atom. The Balaban J connectivity index is 2.51. The first kappa shape index (κ1) is 16.3. The molecule has 0 aliphatic rings. The summed E-state index contributed by atoms with van der Waals surface area (Å²) in [6.07, 6.45) is 0.788. The molecule has 1 amide bonds. The van der Waals surface area contributed by atoms with E-state index in [0.29, 0.717) is 0 Å². The highest BCUT2D eigenvalue weighted by Gasteiger charge is 2.20. The van der Waals surface area contributed by atoms with E-state index in [0.717, 1.165) is 34.8 Å². The van der Waals surface area contributed by atoms with E-state index in [2.05, 4.69) is 32.2 Å². The Morgan fingerprint density at radius 1 is 1.32 bits per heavy atom. The predicted octanol–water partition coefficient (Wildman–Crippen LogP) is 2.46. The van der Waals surface area contributed by atoms with Crippen molar-refractivity contribution in [2.75, 3.05) is 11.9 Å². The Bertz CT molecular complexity index is 698. The number of carbonyl (C=O) groups excluding carboxylic acids is 1. The van der Waals surface area contributed by atoms with Crippen LogP contribution in [0.2, 0.25) is 0 Å². The minimum Gasteiger partial charge on any atom is -0.360 e. The number of amides is 1. The largest absolute Gasteiger partial charge is 0.360 e. The smallest absolute Gasteiger partial charge is 0.262 e. The lowest BCUT2D eigenvalue weighted by molar-refractivity contribution is -0.127. The molecule has 0 fully saturated rings. The van der Waals surface area contributed by atoms with Crippen LogP contribution in [-0.4, -0.2) is 27.0 Å². The van der Waals surface area contributed by atoms with Gasteiger partial charge in [-0.3, -0.25) is 14.4 Å². The van der Waals surface area contributed by atoms with Crippen molar-refractivity contribution in [1.82, 2.24) is 14.9 Å². The average molecular weight is 304 g/mol. The number of fused-ring (bicyclic) bond motifs is 1. The molecule has 120 valence electrons. The van der Waals surface area contributed by atoms with Gasteiger partial charge in [0.15, 0.2) is 0 Å². The van der Waals surface area contributed by atoms with Crippen molar-refractivity contribution in [2.24, 2.45) is 5.41 Å². The quantitative estimate of drug-likeness (QED) is 0.599. The number of carbonyl (C=O) groups is 1. The second-order valence-corrected chi connectivity index (χ2v) is 6.90. The lowest BCUT2D eigenvalue weighted by atomic mass is 9.90. The summed E-state index contributed by atoms with van der Waals surface area (Å²) in [7, 11) is 0. The molecule has 6 nitrogen and oxygen atoms in total. The summed E-state index contributed by atoms with van der Waals surface area (Å²) in [5.41, 5.74) is 5.70. The van der Waals surface area contributed by atoms with Crippen molar-refractivity contribution in [2.45, 2.75) is 41.0 Å². The number of nitrogens with one attached hydrogen (secondary N) is 2. The number of rotatable bonds is 4. The molecule has 3 N–H and O–H groups in total. The summed E-state index contributed by atoms with van der Waals surface area (Å²) in [5.74, 6) is 0.326. The van der Waals surface area contributed by atoms with Crippen LogP contribution in [0.15, 0.2) is 12.1 Å². The van der Waals surface area contributed by atoms with Gasteiger partial charge in [0.25, 0.3) is 5.91 Å². The summed E-state index contributed by atoms with van der Waals surface area (Å²) in [6, 6.07) is 4.10. The lowest BCUT2D eigenvalue weighted by Gasteiger charge is -2.18. The van der Waals surface area contributed by atoms with Gasteiger partial charge in [-0.15, -0.1) is 0 Å². The third-order valence-corrected chi connectivity index (χ3v) is 3.36. The van der Waals surface area contributed by atoms with E-state index >= 15 is 0 Å². The number of anilines is 1. The first-order valence-electron chi connectivity index (χ1n) is 7.36. The van der Waals surface area contributed by atoms with Gasteiger partial charge in [-0.1, -0.05) is 20.8 Å². The van der Waals surface area contributed by atoms with Gasteiger partial charge in [0.1, 0.15) is 11.5 Å². The van der Waals surface area contributed by atoms with E-state index in [-0.39, 0.29) is 12.0 Å². The summed E-state index contributed by atoms with van der Waals surface area (Å²) in [5, 5.41) is 11.8. The van der Waals surface area contributed by atoms with Gasteiger partial charge in [0.05, 0.1) is 12.2 Å². The Labute approximate surface area is 130 Å². The fourth-order valence-electron chi connectivity index (χ4n) is 2.59. The molecule has 0 aromatic carbocycles. The topological polar surface area (TPSA) is 78.7 Å². The van der Waals surface area contributed by atoms with Crippen LogP contribution in [-0.2, 0) is 11.2 Å². The van der Waals surface area contributed by atoms with Crippen LogP contribution >= 0.6 is 0 Å². The van der Waals surface area contributed by atoms with Gasteiger partial charge < -0.3 is 5.32 Å². The fourth-order valence-corrected chi connectivity index (χ4v) is 2.59. The molecule has 0 bridgehead atoms. The Kier molecular flexibility index (Phi) is 4.42. The van der Waals surface area contributed by atoms with Crippen molar-refractivity contribution in [3.63, 3.8) is 0 Å². The molecule has 2 rings (SSSR count). The molecule has 6 heteroatoms. The predicted molar refractivity (Wildman–Crippen MR) is 86.2 cm³/mol. The van der Waals surface area contributed by atoms with Crippen LogP contribution in [0, 0.1) is 19.3 Å². The average Bonchev–Trinajstić information content (AvgIpc) is 2.71. The van der Waals surface area contributed by atoms with Gasteiger partial charge in [-0.25, -0.2) is 10.5 Å². The van der Waals surface area contributed by atoms with Crippen LogP contribution < -0.4 is 10.8 Å². The zero-order valence-corrected chi connectivity index (χ0v) is 13.8. The van der Waals surface area contributed by atoms with E-state index in [1.807, 2.05) is 24.3 Å². The van der Waals surface area contributed by atoms with Gasteiger partial charge in [-0.05, 0) is 43.4 Å².